The van der Waals surface area contributed by atoms with E-state index in [-0.39, 0.29) is 0 Å². The van der Waals surface area contributed by atoms with Gasteiger partial charge in [0.1, 0.15) is 0 Å². The van der Waals surface area contributed by atoms with Crippen molar-refractivity contribution in [2.45, 2.75) is 0 Å². The first-order valence-corrected chi connectivity index (χ1v) is 7.30. The highest BCUT2D eigenvalue weighted by atomic mass is 79.9. The van der Waals surface area contributed by atoms with E-state index in [4.69, 9.17) is 0 Å². The minimum Gasteiger partial charge on any atom is -0.0876 e. The molecular weight excluding hydrogens is 340 g/mol. The maximum Gasteiger partial charge on any atom is 0.0300 e. The summed E-state index contributed by atoms with van der Waals surface area (Å²) in [5.41, 5.74) is 3.70. The predicted octanol–water partition coefficient (Wildman–Crippen LogP) is 5.34. The fourth-order valence-corrected chi connectivity index (χ4v) is 3.27. The Morgan fingerprint density at radius 3 is 1.71 bits per heavy atom. The van der Waals surface area contributed by atoms with Gasteiger partial charge in [0.15, 0.2) is 0 Å². The summed E-state index contributed by atoms with van der Waals surface area (Å²) in [5, 5.41) is 0.826. The van der Waals surface area contributed by atoms with E-state index in [0.29, 0.717) is 0 Å². The van der Waals surface area contributed by atoms with E-state index >= 15 is 0 Å². The zero-order chi connectivity index (χ0) is 12.1. The molecule has 0 N–H and O–H groups in total. The van der Waals surface area contributed by atoms with Crippen LogP contribution in [0.15, 0.2) is 60.7 Å². The average Bonchev–Trinajstić information content (AvgIpc) is 2.42. The molecule has 0 aliphatic carbocycles. The second-order valence-corrected chi connectivity index (χ2v) is 5.01. The van der Waals surface area contributed by atoms with E-state index in [0.717, 1.165) is 9.81 Å². The molecule has 0 fully saturated rings. The fraction of sp³-hybridized carbons (Fsp3) is 0.0667. The third-order valence-corrected chi connectivity index (χ3v) is 4.05. The highest BCUT2D eigenvalue weighted by molar-refractivity contribution is 9.15. The van der Waals surface area contributed by atoms with E-state index in [1.165, 1.54) is 16.7 Å². The van der Waals surface area contributed by atoms with E-state index in [1.54, 1.807) is 0 Å². The van der Waals surface area contributed by atoms with Crippen LogP contribution in [0.5, 0.6) is 0 Å². The molecule has 0 bridgehead atoms. The highest BCUT2D eigenvalue weighted by Gasteiger charge is 2.07. The van der Waals surface area contributed by atoms with Gasteiger partial charge in [-0.05, 0) is 32.6 Å². The molecule has 2 aromatic rings. The van der Waals surface area contributed by atoms with Crippen molar-refractivity contribution in [3.05, 3.63) is 71.8 Å². The number of allylic oxidation sites excluding steroid dienone is 1. The van der Waals surface area contributed by atoms with Crippen LogP contribution < -0.4 is 0 Å². The molecule has 0 amide bonds. The van der Waals surface area contributed by atoms with Crippen molar-refractivity contribution in [3.8, 4) is 0 Å². The number of halogens is 2. The van der Waals surface area contributed by atoms with Crippen molar-refractivity contribution >= 4 is 41.9 Å². The Morgan fingerprint density at radius 2 is 1.24 bits per heavy atom. The standard InChI is InChI=1S/C15H12Br2/c16-11-14(12-7-3-1-4-8-12)15(17)13-9-5-2-6-10-13/h1-10H,11H2/b15-14+. The van der Waals surface area contributed by atoms with Gasteiger partial charge in [0.05, 0.1) is 0 Å². The molecular formula is C15H12Br2. The van der Waals surface area contributed by atoms with Gasteiger partial charge in [0, 0.05) is 9.81 Å². The van der Waals surface area contributed by atoms with Crippen LogP contribution in [0, 0.1) is 0 Å². The summed E-state index contributed by atoms with van der Waals surface area (Å²) in [6.07, 6.45) is 0. The number of benzene rings is 2. The first kappa shape index (κ1) is 12.6. The summed E-state index contributed by atoms with van der Waals surface area (Å²) >= 11 is 7.26. The number of rotatable bonds is 3. The van der Waals surface area contributed by atoms with Crippen LogP contribution in [0.4, 0.5) is 0 Å². The molecule has 0 aromatic heterocycles. The van der Waals surface area contributed by atoms with Crippen molar-refractivity contribution in [3.63, 3.8) is 0 Å². The van der Waals surface area contributed by atoms with Gasteiger partial charge in [0.2, 0.25) is 0 Å². The Bertz CT molecular complexity index is 501. The second-order valence-electron chi connectivity index (χ2n) is 3.66. The fourth-order valence-electron chi connectivity index (χ4n) is 1.66. The zero-order valence-electron chi connectivity index (χ0n) is 9.24. The summed E-state index contributed by atoms with van der Waals surface area (Å²) in [7, 11) is 0. The van der Waals surface area contributed by atoms with E-state index in [9.17, 15) is 0 Å². The van der Waals surface area contributed by atoms with Gasteiger partial charge in [-0.2, -0.15) is 0 Å². The SMILES string of the molecule is BrC/C(=C(\Br)c1ccccc1)c1ccccc1. The predicted molar refractivity (Wildman–Crippen MR) is 82.4 cm³/mol. The van der Waals surface area contributed by atoms with Gasteiger partial charge in [0.25, 0.3) is 0 Å². The summed E-state index contributed by atoms with van der Waals surface area (Å²) in [6.45, 7) is 0. The van der Waals surface area contributed by atoms with Crippen LogP contribution in [-0.4, -0.2) is 5.33 Å². The lowest BCUT2D eigenvalue weighted by Crippen LogP contribution is -1.89. The van der Waals surface area contributed by atoms with Gasteiger partial charge < -0.3 is 0 Å². The molecule has 0 saturated heterocycles. The number of alkyl halides is 1. The molecule has 17 heavy (non-hydrogen) atoms. The Hall–Kier alpha value is -0.860. The Balaban J connectivity index is 2.48. The van der Waals surface area contributed by atoms with Crippen molar-refractivity contribution in [2.75, 3.05) is 5.33 Å². The van der Waals surface area contributed by atoms with E-state index in [1.807, 2.05) is 24.3 Å². The minimum absolute atomic E-state index is 0.826. The summed E-state index contributed by atoms with van der Waals surface area (Å²) in [5.74, 6) is 0. The average molecular weight is 352 g/mol. The van der Waals surface area contributed by atoms with Crippen LogP contribution in [0.2, 0.25) is 0 Å². The van der Waals surface area contributed by atoms with Crippen molar-refractivity contribution in [1.29, 1.82) is 0 Å². The smallest absolute Gasteiger partial charge is 0.0300 e. The number of hydrogen-bond acceptors (Lipinski definition) is 0. The Kier molecular flexibility index (Phi) is 4.57. The van der Waals surface area contributed by atoms with Gasteiger partial charge in [-0.1, -0.05) is 76.6 Å². The molecule has 2 aromatic carbocycles. The summed E-state index contributed by atoms with van der Waals surface area (Å²) < 4.78 is 1.14. The molecule has 0 aliphatic rings. The molecule has 0 spiro atoms. The third kappa shape index (κ3) is 3.08. The molecule has 0 unspecified atom stereocenters. The normalized spacial score (nSPS) is 12.1. The largest absolute Gasteiger partial charge is 0.0876 e. The first-order valence-electron chi connectivity index (χ1n) is 5.38. The molecule has 0 nitrogen and oxygen atoms in total. The van der Waals surface area contributed by atoms with Crippen LogP contribution in [0.25, 0.3) is 10.1 Å². The van der Waals surface area contributed by atoms with Gasteiger partial charge >= 0.3 is 0 Å². The molecule has 2 heteroatoms. The zero-order valence-corrected chi connectivity index (χ0v) is 12.4. The molecule has 86 valence electrons. The molecule has 0 atom stereocenters. The lowest BCUT2D eigenvalue weighted by atomic mass is 10.0. The second kappa shape index (κ2) is 6.18. The van der Waals surface area contributed by atoms with Gasteiger partial charge in [-0.3, -0.25) is 0 Å². The molecule has 0 saturated carbocycles. The molecule has 0 heterocycles. The van der Waals surface area contributed by atoms with Crippen LogP contribution in [-0.2, 0) is 0 Å². The Labute approximate surface area is 119 Å². The molecule has 0 aliphatic heterocycles. The minimum atomic E-state index is 0.826. The Morgan fingerprint density at radius 1 is 0.765 bits per heavy atom. The lowest BCUT2D eigenvalue weighted by Gasteiger charge is -2.09. The summed E-state index contributed by atoms with van der Waals surface area (Å²) in [4.78, 5) is 0. The van der Waals surface area contributed by atoms with E-state index < -0.39 is 0 Å². The first-order chi connectivity index (χ1) is 8.33. The van der Waals surface area contributed by atoms with Crippen molar-refractivity contribution < 1.29 is 0 Å². The van der Waals surface area contributed by atoms with Crippen LogP contribution in [0.3, 0.4) is 0 Å². The van der Waals surface area contributed by atoms with E-state index in [2.05, 4.69) is 68.3 Å². The van der Waals surface area contributed by atoms with Gasteiger partial charge in [-0.25, -0.2) is 0 Å². The lowest BCUT2D eigenvalue weighted by molar-refractivity contribution is 1.58. The van der Waals surface area contributed by atoms with Crippen molar-refractivity contribution in [2.24, 2.45) is 0 Å². The monoisotopic (exact) mass is 350 g/mol. The quantitative estimate of drug-likeness (QED) is 0.516. The topological polar surface area (TPSA) is 0 Å². The molecule has 0 radical (unpaired) electrons. The summed E-state index contributed by atoms with van der Waals surface area (Å²) in [6, 6.07) is 20.7. The van der Waals surface area contributed by atoms with Crippen LogP contribution in [0.1, 0.15) is 11.1 Å². The molecule has 2 rings (SSSR count). The maximum absolute atomic E-state index is 3.70. The maximum atomic E-state index is 3.70. The number of hydrogen-bond donors (Lipinski definition) is 0. The van der Waals surface area contributed by atoms with Crippen molar-refractivity contribution in [1.82, 2.24) is 0 Å². The highest BCUT2D eigenvalue weighted by Crippen LogP contribution is 2.32. The third-order valence-electron chi connectivity index (χ3n) is 2.55. The van der Waals surface area contributed by atoms with Gasteiger partial charge in [-0.15, -0.1) is 0 Å². The van der Waals surface area contributed by atoms with Crippen LogP contribution >= 0.6 is 31.9 Å².